The van der Waals surface area contributed by atoms with Crippen LogP contribution in [0.4, 0.5) is 13.2 Å². The average Bonchev–Trinajstić information content (AvgIpc) is 2.60. The molecule has 3 aromatic rings. The summed E-state index contributed by atoms with van der Waals surface area (Å²) in [6.07, 6.45) is -1.45. The van der Waals surface area contributed by atoms with Gasteiger partial charge < -0.3 is 14.3 Å². The number of aromatic hydroxyl groups is 1. The molecule has 0 aliphatic carbocycles. The van der Waals surface area contributed by atoms with Crippen LogP contribution < -0.4 is 10.4 Å². The minimum Gasteiger partial charge on any atom is -0.508 e. The predicted octanol–water partition coefficient (Wildman–Crippen LogP) is 5.80. The lowest BCUT2D eigenvalue weighted by molar-refractivity contribution is -0.274. The van der Waals surface area contributed by atoms with Crippen molar-refractivity contribution in [1.29, 1.82) is 0 Å². The van der Waals surface area contributed by atoms with Crippen molar-refractivity contribution in [3.8, 4) is 22.6 Å². The zero-order chi connectivity index (χ0) is 20.3. The molecule has 148 valence electrons. The highest BCUT2D eigenvalue weighted by molar-refractivity contribution is 5.84. The van der Waals surface area contributed by atoms with Crippen molar-refractivity contribution in [2.45, 2.75) is 39.0 Å². The molecule has 0 bridgehead atoms. The second kappa shape index (κ2) is 7.96. The standard InChI is InChI=1S/C21H19F3O4/c1-2-3-4-5-13-6-9-16(19(10-13)28-21(22,23)24)17-11-14-7-8-15(25)12-18(14)27-20(17)26/h6-12,25H,2-5H2,1H3. The quantitative estimate of drug-likeness (QED) is 0.426. The topological polar surface area (TPSA) is 59.7 Å². The first-order valence-electron chi connectivity index (χ1n) is 8.93. The highest BCUT2D eigenvalue weighted by Crippen LogP contribution is 2.35. The molecule has 0 saturated carbocycles. The number of phenols is 1. The van der Waals surface area contributed by atoms with E-state index in [1.165, 1.54) is 36.4 Å². The lowest BCUT2D eigenvalue weighted by Gasteiger charge is -2.15. The Labute approximate surface area is 159 Å². The van der Waals surface area contributed by atoms with Gasteiger partial charge in [-0.1, -0.05) is 31.9 Å². The molecule has 0 atom stereocenters. The van der Waals surface area contributed by atoms with E-state index >= 15 is 0 Å². The van der Waals surface area contributed by atoms with Gasteiger partial charge in [0.05, 0.1) is 5.56 Å². The van der Waals surface area contributed by atoms with Crippen molar-refractivity contribution in [1.82, 2.24) is 0 Å². The number of fused-ring (bicyclic) bond motifs is 1. The Morgan fingerprint density at radius 1 is 1.04 bits per heavy atom. The summed E-state index contributed by atoms with van der Waals surface area (Å²) >= 11 is 0. The molecule has 1 heterocycles. The number of phenolic OH excluding ortho intramolecular Hbond substituents is 1. The van der Waals surface area contributed by atoms with Crippen molar-refractivity contribution in [3.05, 3.63) is 58.4 Å². The minimum absolute atomic E-state index is 0.000270. The van der Waals surface area contributed by atoms with E-state index in [1.807, 2.05) is 6.92 Å². The number of hydrogen-bond donors (Lipinski definition) is 1. The maximum atomic E-state index is 12.9. The Kier molecular flexibility index (Phi) is 5.63. The van der Waals surface area contributed by atoms with Crippen LogP contribution in [0.3, 0.4) is 0 Å². The summed E-state index contributed by atoms with van der Waals surface area (Å²) in [5, 5.41) is 9.96. The molecule has 0 amide bonds. The average molecular weight is 392 g/mol. The lowest BCUT2D eigenvalue weighted by Crippen LogP contribution is -2.18. The van der Waals surface area contributed by atoms with Crippen molar-refractivity contribution < 1.29 is 27.4 Å². The van der Waals surface area contributed by atoms with Gasteiger partial charge in [-0.05, 0) is 42.7 Å². The smallest absolute Gasteiger partial charge is 0.508 e. The monoisotopic (exact) mass is 392 g/mol. The third-order valence-corrected chi connectivity index (χ3v) is 4.35. The fourth-order valence-corrected chi connectivity index (χ4v) is 3.02. The summed E-state index contributed by atoms with van der Waals surface area (Å²) in [5.41, 5.74) is -0.0172. The lowest BCUT2D eigenvalue weighted by atomic mass is 10.00. The van der Waals surface area contributed by atoms with Crippen LogP contribution in [0, 0.1) is 0 Å². The SMILES string of the molecule is CCCCCc1ccc(-c2cc3ccc(O)cc3oc2=O)c(OC(F)(F)F)c1. The van der Waals surface area contributed by atoms with Gasteiger partial charge in [0, 0.05) is 17.0 Å². The van der Waals surface area contributed by atoms with Gasteiger partial charge in [-0.25, -0.2) is 4.79 Å². The van der Waals surface area contributed by atoms with Gasteiger partial charge in [-0.3, -0.25) is 0 Å². The first-order chi connectivity index (χ1) is 13.3. The summed E-state index contributed by atoms with van der Waals surface area (Å²) < 4.78 is 48.1. The Balaban J connectivity index is 2.09. The number of hydrogen-bond acceptors (Lipinski definition) is 4. The number of alkyl halides is 3. The molecule has 0 saturated heterocycles. The molecule has 0 aliphatic rings. The Morgan fingerprint density at radius 3 is 2.54 bits per heavy atom. The fourth-order valence-electron chi connectivity index (χ4n) is 3.02. The van der Waals surface area contributed by atoms with Crippen molar-refractivity contribution >= 4 is 11.0 Å². The van der Waals surface area contributed by atoms with E-state index in [-0.39, 0.29) is 22.5 Å². The number of rotatable bonds is 6. The van der Waals surface area contributed by atoms with E-state index in [0.29, 0.717) is 17.4 Å². The number of aryl methyl sites for hydroxylation is 1. The van der Waals surface area contributed by atoms with Crippen LogP contribution in [0.5, 0.6) is 11.5 Å². The second-order valence-electron chi connectivity index (χ2n) is 6.51. The second-order valence-corrected chi connectivity index (χ2v) is 6.51. The Morgan fingerprint density at radius 2 is 1.82 bits per heavy atom. The summed E-state index contributed by atoms with van der Waals surface area (Å²) in [7, 11) is 0. The van der Waals surface area contributed by atoms with Crippen molar-refractivity contribution in [3.63, 3.8) is 0 Å². The molecule has 4 nitrogen and oxygen atoms in total. The molecule has 0 unspecified atom stereocenters. The molecular formula is C21H19F3O4. The molecule has 7 heteroatoms. The van der Waals surface area contributed by atoms with Crippen molar-refractivity contribution in [2.75, 3.05) is 0 Å². The van der Waals surface area contributed by atoms with E-state index in [0.717, 1.165) is 19.3 Å². The van der Waals surface area contributed by atoms with Gasteiger partial charge in [0.25, 0.3) is 0 Å². The van der Waals surface area contributed by atoms with Crippen LogP contribution in [-0.4, -0.2) is 11.5 Å². The molecule has 28 heavy (non-hydrogen) atoms. The predicted molar refractivity (Wildman–Crippen MR) is 99.5 cm³/mol. The molecule has 2 aromatic carbocycles. The number of halogens is 3. The van der Waals surface area contributed by atoms with Crippen LogP contribution in [-0.2, 0) is 6.42 Å². The third kappa shape index (κ3) is 4.65. The highest BCUT2D eigenvalue weighted by Gasteiger charge is 2.32. The van der Waals surface area contributed by atoms with Gasteiger partial charge in [-0.2, -0.15) is 0 Å². The van der Waals surface area contributed by atoms with E-state index in [2.05, 4.69) is 4.74 Å². The van der Waals surface area contributed by atoms with Gasteiger partial charge in [0.2, 0.25) is 0 Å². The van der Waals surface area contributed by atoms with E-state index < -0.39 is 17.7 Å². The largest absolute Gasteiger partial charge is 0.573 e. The molecule has 0 fully saturated rings. The fraction of sp³-hybridized carbons (Fsp3) is 0.286. The van der Waals surface area contributed by atoms with Crippen LogP contribution in [0.1, 0.15) is 31.7 Å². The van der Waals surface area contributed by atoms with Gasteiger partial charge >= 0.3 is 12.0 Å². The summed E-state index contributed by atoms with van der Waals surface area (Å²) in [6.45, 7) is 2.04. The number of ether oxygens (including phenoxy) is 1. The first kappa shape index (κ1) is 19.8. The Hall–Kier alpha value is -2.96. The Bertz CT molecular complexity index is 1040. The van der Waals surface area contributed by atoms with Crippen molar-refractivity contribution in [2.24, 2.45) is 0 Å². The van der Waals surface area contributed by atoms with Crippen LogP contribution in [0.25, 0.3) is 22.1 Å². The third-order valence-electron chi connectivity index (χ3n) is 4.35. The molecular weight excluding hydrogens is 373 g/mol. The van der Waals surface area contributed by atoms with Gasteiger partial charge in [-0.15, -0.1) is 13.2 Å². The molecule has 3 rings (SSSR count). The van der Waals surface area contributed by atoms with Crippen LogP contribution >= 0.6 is 0 Å². The van der Waals surface area contributed by atoms with E-state index in [4.69, 9.17) is 4.42 Å². The van der Waals surface area contributed by atoms with Crippen LogP contribution in [0.2, 0.25) is 0 Å². The molecule has 0 radical (unpaired) electrons. The summed E-state index contributed by atoms with van der Waals surface area (Å²) in [5.74, 6) is -0.521. The molecule has 0 spiro atoms. The van der Waals surface area contributed by atoms with Crippen LogP contribution in [0.15, 0.2) is 51.7 Å². The maximum Gasteiger partial charge on any atom is 0.573 e. The molecule has 1 aromatic heterocycles. The van der Waals surface area contributed by atoms with E-state index in [1.54, 1.807) is 6.07 Å². The zero-order valence-corrected chi connectivity index (χ0v) is 15.2. The zero-order valence-electron chi connectivity index (χ0n) is 15.2. The van der Waals surface area contributed by atoms with Gasteiger partial charge in [0.15, 0.2) is 0 Å². The normalized spacial score (nSPS) is 11.7. The summed E-state index contributed by atoms with van der Waals surface area (Å²) in [6, 6.07) is 10.1. The minimum atomic E-state index is -4.89. The maximum absolute atomic E-state index is 12.9. The van der Waals surface area contributed by atoms with Gasteiger partial charge in [0.1, 0.15) is 17.1 Å². The highest BCUT2D eigenvalue weighted by atomic mass is 19.4. The molecule has 0 aliphatic heterocycles. The number of unbranched alkanes of at least 4 members (excludes halogenated alkanes) is 2. The molecule has 1 N–H and O–H groups in total. The number of benzene rings is 2. The van der Waals surface area contributed by atoms with E-state index in [9.17, 15) is 23.1 Å². The first-order valence-corrected chi connectivity index (χ1v) is 8.93. The summed E-state index contributed by atoms with van der Waals surface area (Å²) in [4.78, 5) is 12.4.